The van der Waals surface area contributed by atoms with Gasteiger partial charge in [0.05, 0.1) is 5.44 Å². The van der Waals surface area contributed by atoms with E-state index in [4.69, 9.17) is 0 Å². The van der Waals surface area contributed by atoms with E-state index < -0.39 is 7.92 Å². The van der Waals surface area contributed by atoms with Crippen LogP contribution >= 0.6 is 23.9 Å². The lowest BCUT2D eigenvalue weighted by atomic mass is 10.4. The van der Waals surface area contributed by atoms with E-state index in [1.165, 1.54) is 10.6 Å². The topological polar surface area (TPSA) is 25.8 Å². The van der Waals surface area contributed by atoms with Gasteiger partial charge >= 0.3 is 0 Å². The molecule has 0 saturated heterocycles. The Hall–Kier alpha value is -1.57. The highest BCUT2D eigenvalue weighted by molar-refractivity contribution is 9.10. The normalized spacial score (nSPS) is 10.7. The van der Waals surface area contributed by atoms with Crippen LogP contribution in [-0.4, -0.2) is 10.2 Å². The molecule has 1 heterocycles. The van der Waals surface area contributed by atoms with Crippen LogP contribution in [0.3, 0.4) is 0 Å². The van der Waals surface area contributed by atoms with Gasteiger partial charge in [0.1, 0.15) is 4.60 Å². The second-order valence-electron chi connectivity index (χ2n) is 4.22. The standard InChI is InChI=1S/C16H12BrN2P/c17-15-11-12-16(19-18-15)20(13-7-3-1-4-8-13)14-9-5-2-6-10-14/h1-12H. The summed E-state index contributed by atoms with van der Waals surface area (Å²) in [5, 5.41) is 11.1. The number of nitrogens with zero attached hydrogens (tertiary/aromatic N) is 2. The molecule has 20 heavy (non-hydrogen) atoms. The first-order valence-electron chi connectivity index (χ1n) is 6.24. The average molecular weight is 343 g/mol. The van der Waals surface area contributed by atoms with Gasteiger partial charge in [-0.2, -0.15) is 0 Å². The van der Waals surface area contributed by atoms with Gasteiger partial charge < -0.3 is 0 Å². The summed E-state index contributed by atoms with van der Waals surface area (Å²) in [5.74, 6) is 0. The number of aromatic nitrogens is 2. The summed E-state index contributed by atoms with van der Waals surface area (Å²) in [6.45, 7) is 0. The maximum absolute atomic E-state index is 4.36. The molecule has 3 aromatic rings. The first kappa shape index (κ1) is 13.4. The Morgan fingerprint density at radius 3 is 1.65 bits per heavy atom. The summed E-state index contributed by atoms with van der Waals surface area (Å²) < 4.78 is 0.761. The molecule has 0 radical (unpaired) electrons. The van der Waals surface area contributed by atoms with Crippen LogP contribution in [0, 0.1) is 0 Å². The Morgan fingerprint density at radius 1 is 0.650 bits per heavy atom. The second kappa shape index (κ2) is 6.25. The minimum absolute atomic E-state index is 0.653. The first-order valence-corrected chi connectivity index (χ1v) is 8.37. The maximum Gasteiger partial charge on any atom is 0.128 e. The molecule has 0 spiro atoms. The third-order valence-electron chi connectivity index (χ3n) is 2.88. The molecule has 0 aliphatic heterocycles. The molecule has 0 bridgehead atoms. The summed E-state index contributed by atoms with van der Waals surface area (Å²) in [7, 11) is -0.653. The van der Waals surface area contributed by atoms with Gasteiger partial charge in [0.25, 0.3) is 0 Å². The lowest BCUT2D eigenvalue weighted by Gasteiger charge is -2.17. The lowest BCUT2D eigenvalue weighted by molar-refractivity contribution is 1.03. The monoisotopic (exact) mass is 342 g/mol. The van der Waals surface area contributed by atoms with Crippen LogP contribution in [0.1, 0.15) is 0 Å². The minimum Gasteiger partial charge on any atom is -0.149 e. The van der Waals surface area contributed by atoms with Gasteiger partial charge in [0.15, 0.2) is 0 Å². The highest BCUT2D eigenvalue weighted by Crippen LogP contribution is 2.31. The Kier molecular flexibility index (Phi) is 4.19. The van der Waals surface area contributed by atoms with E-state index in [9.17, 15) is 0 Å². The van der Waals surface area contributed by atoms with Crippen molar-refractivity contribution >= 4 is 39.9 Å². The van der Waals surface area contributed by atoms with Crippen LogP contribution in [-0.2, 0) is 0 Å². The Labute approximate surface area is 127 Å². The van der Waals surface area contributed by atoms with Crippen molar-refractivity contribution in [1.82, 2.24) is 10.2 Å². The number of benzene rings is 2. The van der Waals surface area contributed by atoms with Gasteiger partial charge in [0, 0.05) is 7.92 Å². The number of rotatable bonds is 3. The van der Waals surface area contributed by atoms with Crippen molar-refractivity contribution in [1.29, 1.82) is 0 Å². The molecule has 4 heteroatoms. The van der Waals surface area contributed by atoms with E-state index in [2.05, 4.69) is 74.7 Å². The maximum atomic E-state index is 4.36. The van der Waals surface area contributed by atoms with E-state index in [1.54, 1.807) is 0 Å². The Morgan fingerprint density at radius 2 is 1.20 bits per heavy atom. The molecule has 98 valence electrons. The van der Waals surface area contributed by atoms with Crippen LogP contribution < -0.4 is 16.0 Å². The molecule has 0 amide bonds. The van der Waals surface area contributed by atoms with E-state index in [0.717, 1.165) is 10.0 Å². The van der Waals surface area contributed by atoms with Crippen LogP contribution in [0.2, 0.25) is 0 Å². The number of hydrogen-bond acceptors (Lipinski definition) is 2. The SMILES string of the molecule is Brc1ccc(P(c2ccccc2)c2ccccc2)nn1. The molecule has 2 aromatic carbocycles. The van der Waals surface area contributed by atoms with Gasteiger partial charge in [-0.05, 0) is 38.7 Å². The molecule has 2 nitrogen and oxygen atoms in total. The van der Waals surface area contributed by atoms with Crippen molar-refractivity contribution in [2.45, 2.75) is 0 Å². The molecule has 0 N–H and O–H groups in total. The van der Waals surface area contributed by atoms with Crippen LogP contribution in [0.4, 0.5) is 0 Å². The Balaban J connectivity index is 2.11. The molecule has 0 fully saturated rings. The summed E-state index contributed by atoms with van der Waals surface area (Å²) >= 11 is 3.34. The van der Waals surface area contributed by atoms with Crippen LogP contribution in [0.5, 0.6) is 0 Å². The number of hydrogen-bond donors (Lipinski definition) is 0. The van der Waals surface area contributed by atoms with Crippen LogP contribution in [0.25, 0.3) is 0 Å². The van der Waals surface area contributed by atoms with Gasteiger partial charge in [-0.25, -0.2) is 0 Å². The smallest absolute Gasteiger partial charge is 0.128 e. The fraction of sp³-hybridized carbons (Fsp3) is 0. The molecule has 0 unspecified atom stereocenters. The van der Waals surface area contributed by atoms with Crippen molar-refractivity contribution in [3.8, 4) is 0 Å². The minimum atomic E-state index is -0.653. The van der Waals surface area contributed by atoms with Crippen molar-refractivity contribution in [3.05, 3.63) is 77.4 Å². The summed E-state index contributed by atoms with van der Waals surface area (Å²) in [5.41, 5.74) is 1.01. The van der Waals surface area contributed by atoms with E-state index in [0.29, 0.717) is 0 Å². The highest BCUT2D eigenvalue weighted by atomic mass is 79.9. The summed E-state index contributed by atoms with van der Waals surface area (Å²) in [4.78, 5) is 0. The zero-order valence-electron chi connectivity index (χ0n) is 10.6. The van der Waals surface area contributed by atoms with Gasteiger partial charge in [0.2, 0.25) is 0 Å². The summed E-state index contributed by atoms with van der Waals surface area (Å²) in [6.07, 6.45) is 0. The molecule has 0 saturated carbocycles. The van der Waals surface area contributed by atoms with E-state index in [1.807, 2.05) is 24.3 Å². The zero-order valence-corrected chi connectivity index (χ0v) is 13.1. The second-order valence-corrected chi connectivity index (χ2v) is 7.20. The fourth-order valence-corrected chi connectivity index (χ4v) is 4.33. The largest absolute Gasteiger partial charge is 0.149 e. The molecule has 0 aliphatic carbocycles. The van der Waals surface area contributed by atoms with E-state index >= 15 is 0 Å². The Bertz CT molecular complexity index is 632. The van der Waals surface area contributed by atoms with Crippen molar-refractivity contribution < 1.29 is 0 Å². The quantitative estimate of drug-likeness (QED) is 0.684. The van der Waals surface area contributed by atoms with Crippen LogP contribution in [0.15, 0.2) is 77.4 Å². The van der Waals surface area contributed by atoms with Gasteiger partial charge in [-0.15, -0.1) is 10.2 Å². The third kappa shape index (κ3) is 2.95. The molecular formula is C16H12BrN2P. The molecular weight excluding hydrogens is 331 g/mol. The first-order chi connectivity index (χ1) is 9.84. The van der Waals surface area contributed by atoms with E-state index in [-0.39, 0.29) is 0 Å². The zero-order chi connectivity index (χ0) is 13.8. The third-order valence-corrected chi connectivity index (χ3v) is 5.62. The number of halogens is 1. The molecule has 0 aliphatic rings. The average Bonchev–Trinajstić information content (AvgIpc) is 2.52. The predicted octanol–water partition coefficient (Wildman–Crippen LogP) is 3.00. The van der Waals surface area contributed by atoms with Crippen molar-refractivity contribution in [2.24, 2.45) is 0 Å². The molecule has 1 aromatic heterocycles. The predicted molar refractivity (Wildman–Crippen MR) is 88.4 cm³/mol. The molecule has 0 atom stereocenters. The van der Waals surface area contributed by atoms with Gasteiger partial charge in [-0.1, -0.05) is 60.7 Å². The highest BCUT2D eigenvalue weighted by Gasteiger charge is 2.17. The van der Waals surface area contributed by atoms with Crippen molar-refractivity contribution in [2.75, 3.05) is 0 Å². The molecule has 3 rings (SSSR count). The fourth-order valence-electron chi connectivity index (χ4n) is 2.00. The van der Waals surface area contributed by atoms with Crippen molar-refractivity contribution in [3.63, 3.8) is 0 Å². The summed E-state index contributed by atoms with van der Waals surface area (Å²) in [6, 6.07) is 25.0. The lowest BCUT2D eigenvalue weighted by Crippen LogP contribution is -2.23. The van der Waals surface area contributed by atoms with Gasteiger partial charge in [-0.3, -0.25) is 0 Å².